The molecule has 6 nitrogen and oxygen atoms in total. The highest BCUT2D eigenvalue weighted by Crippen LogP contribution is 2.34. The Morgan fingerprint density at radius 2 is 1.77 bits per heavy atom. The highest BCUT2D eigenvalue weighted by Gasteiger charge is 2.23. The quantitative estimate of drug-likeness (QED) is 0.718. The smallest absolute Gasteiger partial charge is 0.348 e. The van der Waals surface area contributed by atoms with Gasteiger partial charge in [0.1, 0.15) is 9.88 Å². The molecule has 2 heterocycles. The summed E-state index contributed by atoms with van der Waals surface area (Å²) in [4.78, 5) is 38.7. The number of hydrogen-bond donors (Lipinski definition) is 1. The highest BCUT2D eigenvalue weighted by molar-refractivity contribution is 7.16. The lowest BCUT2D eigenvalue weighted by molar-refractivity contribution is -0.119. The van der Waals surface area contributed by atoms with Crippen molar-refractivity contribution in [3.63, 3.8) is 0 Å². The van der Waals surface area contributed by atoms with Gasteiger partial charge < -0.3 is 14.8 Å². The molecule has 0 atom stereocenters. The average Bonchev–Trinajstić information content (AvgIpc) is 3.15. The van der Waals surface area contributed by atoms with Gasteiger partial charge in [-0.3, -0.25) is 4.79 Å². The van der Waals surface area contributed by atoms with Crippen LogP contribution in [0.15, 0.2) is 12.1 Å². The maximum atomic E-state index is 12.2. The van der Waals surface area contributed by atoms with Crippen molar-refractivity contribution in [3.8, 4) is 0 Å². The number of anilines is 1. The molecule has 0 radical (unpaired) electrons. The van der Waals surface area contributed by atoms with Crippen LogP contribution in [-0.2, 0) is 20.7 Å². The zero-order valence-corrected chi connectivity index (χ0v) is 16.8. The Balaban J connectivity index is 2.06. The summed E-state index contributed by atoms with van der Waals surface area (Å²) in [5, 5.41) is 3.08. The molecule has 1 N–H and O–H groups in total. The van der Waals surface area contributed by atoms with Crippen LogP contribution in [0.1, 0.15) is 49.2 Å². The summed E-state index contributed by atoms with van der Waals surface area (Å²) < 4.78 is 10.1. The maximum Gasteiger partial charge on any atom is 0.348 e. The molecule has 0 aliphatic carbocycles. The number of esters is 2. The first-order valence-corrected chi connectivity index (χ1v) is 9.83. The molecule has 0 saturated heterocycles. The molecule has 0 bridgehead atoms. The Kier molecular flexibility index (Phi) is 6.93. The Morgan fingerprint density at radius 3 is 2.35 bits per heavy atom. The fourth-order valence-electron chi connectivity index (χ4n) is 2.42. The van der Waals surface area contributed by atoms with Gasteiger partial charge in [-0.05, 0) is 44.9 Å². The van der Waals surface area contributed by atoms with Crippen molar-refractivity contribution in [2.75, 3.05) is 18.5 Å². The third-order valence-corrected chi connectivity index (χ3v) is 5.61. The normalized spacial score (nSPS) is 10.5. The van der Waals surface area contributed by atoms with E-state index in [0.29, 0.717) is 21.9 Å². The molecule has 2 rings (SSSR count). The lowest BCUT2D eigenvalue weighted by Gasteiger charge is -2.08. The Bertz CT molecular complexity index is 822. The molecule has 1 amide bonds. The molecule has 0 spiro atoms. The first kappa shape index (κ1) is 20.1. The van der Waals surface area contributed by atoms with Gasteiger partial charge in [-0.2, -0.15) is 0 Å². The molecule has 2 aromatic heterocycles. The Labute approximate surface area is 160 Å². The number of aryl methyl sites for hydroxylation is 2. The minimum Gasteiger partial charge on any atom is -0.462 e. The SMILES string of the molecule is CCOC(=O)c1c(NC(=O)COC(=O)c2ccc(C)s2)sc(C)c1CC. The largest absolute Gasteiger partial charge is 0.462 e. The van der Waals surface area contributed by atoms with E-state index >= 15 is 0 Å². The third kappa shape index (κ3) is 4.70. The van der Waals surface area contributed by atoms with Crippen LogP contribution in [0.4, 0.5) is 5.00 Å². The van der Waals surface area contributed by atoms with Gasteiger partial charge in [0.2, 0.25) is 0 Å². The van der Waals surface area contributed by atoms with Crippen molar-refractivity contribution in [3.05, 3.63) is 37.9 Å². The fourth-order valence-corrected chi connectivity index (χ4v) is 4.33. The van der Waals surface area contributed by atoms with E-state index in [-0.39, 0.29) is 6.61 Å². The molecular weight excluding hydrogens is 374 g/mol. The number of carbonyl (C=O) groups excluding carboxylic acids is 3. The van der Waals surface area contributed by atoms with Crippen LogP contribution in [0.5, 0.6) is 0 Å². The number of hydrogen-bond acceptors (Lipinski definition) is 7. The van der Waals surface area contributed by atoms with Gasteiger partial charge in [0.05, 0.1) is 12.2 Å². The van der Waals surface area contributed by atoms with E-state index in [1.807, 2.05) is 26.8 Å². The zero-order chi connectivity index (χ0) is 19.3. The van der Waals surface area contributed by atoms with E-state index in [1.54, 1.807) is 13.0 Å². The topological polar surface area (TPSA) is 81.7 Å². The van der Waals surface area contributed by atoms with E-state index in [2.05, 4.69) is 5.32 Å². The number of carbonyl (C=O) groups is 3. The van der Waals surface area contributed by atoms with Crippen LogP contribution in [0.3, 0.4) is 0 Å². The number of amides is 1. The second-order valence-corrected chi connectivity index (χ2v) is 7.96. The minimum atomic E-state index is -0.541. The van der Waals surface area contributed by atoms with Crippen LogP contribution in [0.25, 0.3) is 0 Å². The van der Waals surface area contributed by atoms with Crippen LogP contribution in [0.2, 0.25) is 0 Å². The van der Waals surface area contributed by atoms with E-state index in [4.69, 9.17) is 9.47 Å². The van der Waals surface area contributed by atoms with Gasteiger partial charge in [0.15, 0.2) is 6.61 Å². The van der Waals surface area contributed by atoms with Crippen LogP contribution in [-0.4, -0.2) is 31.1 Å². The molecule has 0 unspecified atom stereocenters. The Hall–Kier alpha value is -2.19. The number of rotatable bonds is 7. The van der Waals surface area contributed by atoms with Crippen molar-refractivity contribution in [1.82, 2.24) is 0 Å². The molecular formula is C18H21NO5S2. The highest BCUT2D eigenvalue weighted by atomic mass is 32.1. The van der Waals surface area contributed by atoms with Crippen LogP contribution < -0.4 is 5.32 Å². The standard InChI is InChI=1S/C18H21NO5S2/c1-5-12-11(4)26-16(15(12)18(22)23-6-2)19-14(20)9-24-17(21)13-8-7-10(3)25-13/h7-8H,5-6,9H2,1-4H3,(H,19,20). The first-order chi connectivity index (χ1) is 12.4. The lowest BCUT2D eigenvalue weighted by Crippen LogP contribution is -2.21. The van der Waals surface area contributed by atoms with Crippen LogP contribution >= 0.6 is 22.7 Å². The maximum absolute atomic E-state index is 12.2. The summed E-state index contributed by atoms with van der Waals surface area (Å²) in [7, 11) is 0. The molecule has 140 valence electrons. The zero-order valence-electron chi connectivity index (χ0n) is 15.1. The second kappa shape index (κ2) is 8.95. The Morgan fingerprint density at radius 1 is 1.04 bits per heavy atom. The number of ether oxygens (including phenoxy) is 2. The molecule has 8 heteroatoms. The van der Waals surface area contributed by atoms with Crippen molar-refractivity contribution in [2.24, 2.45) is 0 Å². The van der Waals surface area contributed by atoms with E-state index < -0.39 is 24.5 Å². The third-order valence-electron chi connectivity index (χ3n) is 3.57. The predicted octanol–water partition coefficient (Wildman–Crippen LogP) is 3.96. The predicted molar refractivity (Wildman–Crippen MR) is 102 cm³/mol. The number of thiophene rings is 2. The summed E-state index contributed by atoms with van der Waals surface area (Å²) in [6.07, 6.45) is 0.652. The summed E-state index contributed by atoms with van der Waals surface area (Å²) in [5.74, 6) is -1.50. The summed E-state index contributed by atoms with van der Waals surface area (Å²) in [6, 6.07) is 3.48. The second-order valence-electron chi connectivity index (χ2n) is 5.45. The van der Waals surface area contributed by atoms with Crippen molar-refractivity contribution >= 4 is 45.5 Å². The molecule has 2 aromatic rings. The van der Waals surface area contributed by atoms with Crippen molar-refractivity contribution in [2.45, 2.75) is 34.1 Å². The minimum absolute atomic E-state index is 0.252. The summed E-state index contributed by atoms with van der Waals surface area (Å²) in [5.41, 5.74) is 1.24. The molecule has 0 aliphatic rings. The lowest BCUT2D eigenvalue weighted by atomic mass is 10.1. The molecule has 0 aromatic carbocycles. The van der Waals surface area contributed by atoms with Gasteiger partial charge in [-0.25, -0.2) is 9.59 Å². The first-order valence-electron chi connectivity index (χ1n) is 8.20. The van der Waals surface area contributed by atoms with Gasteiger partial charge in [-0.1, -0.05) is 6.92 Å². The van der Waals surface area contributed by atoms with Gasteiger partial charge in [0, 0.05) is 9.75 Å². The van der Waals surface area contributed by atoms with Gasteiger partial charge in [0.25, 0.3) is 5.91 Å². The molecule has 0 aliphatic heterocycles. The average molecular weight is 396 g/mol. The van der Waals surface area contributed by atoms with E-state index in [0.717, 1.165) is 15.3 Å². The van der Waals surface area contributed by atoms with E-state index in [1.165, 1.54) is 22.7 Å². The molecule has 0 saturated carbocycles. The molecule has 0 fully saturated rings. The van der Waals surface area contributed by atoms with Crippen molar-refractivity contribution in [1.29, 1.82) is 0 Å². The van der Waals surface area contributed by atoms with Gasteiger partial charge in [-0.15, -0.1) is 22.7 Å². The van der Waals surface area contributed by atoms with Crippen molar-refractivity contribution < 1.29 is 23.9 Å². The number of nitrogens with one attached hydrogen (secondary N) is 1. The fraction of sp³-hybridized carbons (Fsp3) is 0.389. The van der Waals surface area contributed by atoms with Crippen LogP contribution in [0, 0.1) is 13.8 Å². The van der Waals surface area contributed by atoms with Gasteiger partial charge >= 0.3 is 11.9 Å². The summed E-state index contributed by atoms with van der Waals surface area (Å²) >= 11 is 2.62. The summed E-state index contributed by atoms with van der Waals surface area (Å²) in [6.45, 7) is 7.27. The molecule has 26 heavy (non-hydrogen) atoms. The monoisotopic (exact) mass is 395 g/mol. The van der Waals surface area contributed by atoms with E-state index in [9.17, 15) is 14.4 Å².